The van der Waals surface area contributed by atoms with Crippen molar-refractivity contribution < 1.29 is 19.7 Å². The van der Waals surface area contributed by atoms with Crippen molar-refractivity contribution in [2.75, 3.05) is 0 Å². The first-order valence-corrected chi connectivity index (χ1v) is 14.9. The summed E-state index contributed by atoms with van der Waals surface area (Å²) in [6, 6.07) is 0. The van der Waals surface area contributed by atoms with Gasteiger partial charge in [0, 0.05) is 0 Å². The van der Waals surface area contributed by atoms with Crippen molar-refractivity contribution in [3.8, 4) is 0 Å². The van der Waals surface area contributed by atoms with E-state index in [-0.39, 0.29) is 36.6 Å². The molecule has 0 saturated carbocycles. The van der Waals surface area contributed by atoms with E-state index in [1.54, 1.807) is 0 Å². The van der Waals surface area contributed by atoms with Crippen LogP contribution < -0.4 is 0 Å². The molecule has 0 bridgehead atoms. The zero-order valence-corrected chi connectivity index (χ0v) is 22.3. The molecular formula is C30H56O4. The second kappa shape index (κ2) is 18.8. The molecule has 0 aromatic rings. The summed E-state index contributed by atoms with van der Waals surface area (Å²) in [4.78, 5) is 0. The number of hydrogen-bond acceptors (Lipinski definition) is 4. The molecule has 6 atom stereocenters. The van der Waals surface area contributed by atoms with Crippen molar-refractivity contribution in [1.29, 1.82) is 0 Å². The molecule has 0 spiro atoms. The van der Waals surface area contributed by atoms with Crippen molar-refractivity contribution >= 4 is 0 Å². The van der Waals surface area contributed by atoms with E-state index in [4.69, 9.17) is 9.47 Å². The molecule has 2 fully saturated rings. The molecule has 4 nitrogen and oxygen atoms in total. The van der Waals surface area contributed by atoms with Crippen molar-refractivity contribution in [3.05, 3.63) is 12.7 Å². The third-order valence-electron chi connectivity index (χ3n) is 7.96. The molecule has 2 saturated heterocycles. The van der Waals surface area contributed by atoms with Crippen molar-refractivity contribution in [2.24, 2.45) is 0 Å². The van der Waals surface area contributed by atoms with E-state index in [1.165, 1.54) is 77.0 Å². The zero-order chi connectivity index (χ0) is 24.4. The van der Waals surface area contributed by atoms with E-state index in [0.29, 0.717) is 0 Å². The summed E-state index contributed by atoms with van der Waals surface area (Å²) >= 11 is 0. The minimum Gasteiger partial charge on any atom is -0.390 e. The normalized spacial score (nSPS) is 26.7. The number of unbranched alkanes of at least 4 members (excludes halogenated alkanes) is 13. The van der Waals surface area contributed by atoms with Crippen LogP contribution in [0.4, 0.5) is 0 Å². The van der Waals surface area contributed by atoms with E-state index in [1.807, 2.05) is 6.08 Å². The van der Waals surface area contributed by atoms with Crippen molar-refractivity contribution in [2.45, 2.75) is 178 Å². The van der Waals surface area contributed by atoms with Gasteiger partial charge in [-0.1, -0.05) is 96.5 Å². The highest BCUT2D eigenvalue weighted by Crippen LogP contribution is 2.34. The van der Waals surface area contributed by atoms with Gasteiger partial charge in [0.1, 0.15) is 0 Å². The topological polar surface area (TPSA) is 58.9 Å². The van der Waals surface area contributed by atoms with Crippen LogP contribution in [0.25, 0.3) is 0 Å². The Morgan fingerprint density at radius 1 is 0.647 bits per heavy atom. The Morgan fingerprint density at radius 3 is 1.50 bits per heavy atom. The number of rotatable bonds is 21. The Bertz CT molecular complexity index is 496. The Labute approximate surface area is 210 Å². The maximum absolute atomic E-state index is 10.6. The van der Waals surface area contributed by atoms with Gasteiger partial charge in [-0.2, -0.15) is 0 Å². The molecule has 0 aliphatic carbocycles. The van der Waals surface area contributed by atoms with Gasteiger partial charge >= 0.3 is 0 Å². The van der Waals surface area contributed by atoms with E-state index in [9.17, 15) is 10.2 Å². The van der Waals surface area contributed by atoms with E-state index >= 15 is 0 Å². The largest absolute Gasteiger partial charge is 0.390 e. The standard InChI is InChI=1S/C30H56O4/c1-3-5-7-9-11-13-15-17-19-25(31)27-21-23-29(33-27)30-24-22-28(34-30)26(32)20-18-16-14-12-10-8-6-4-2/h3,25-32H,1,4-24H2,2H3/t25-,26+,27-,28-,29+,30+/m1/s1. The lowest BCUT2D eigenvalue weighted by atomic mass is 10.0. The highest BCUT2D eigenvalue weighted by molar-refractivity contribution is 4.89. The molecule has 2 heterocycles. The average Bonchev–Trinajstić information content (AvgIpc) is 3.52. The SMILES string of the molecule is C=CCCCCCCCC[C@@H](O)[C@H]1CC[C@@H]([C@@H]2CC[C@H]([C@@H](O)CCCCCCCCCC)O2)O1. The van der Waals surface area contributed by atoms with Gasteiger partial charge in [0.25, 0.3) is 0 Å². The third kappa shape index (κ3) is 12.0. The second-order valence-electron chi connectivity index (χ2n) is 11.0. The molecule has 200 valence electrons. The van der Waals surface area contributed by atoms with E-state index < -0.39 is 0 Å². The van der Waals surface area contributed by atoms with Gasteiger partial charge in [-0.05, 0) is 51.4 Å². The summed E-state index contributed by atoms with van der Waals surface area (Å²) < 4.78 is 12.5. The number of aliphatic hydroxyl groups excluding tert-OH is 2. The fourth-order valence-electron chi connectivity index (χ4n) is 5.70. The second-order valence-corrected chi connectivity index (χ2v) is 11.0. The number of allylic oxidation sites excluding steroid dienone is 1. The highest BCUT2D eigenvalue weighted by Gasteiger charge is 2.40. The van der Waals surface area contributed by atoms with E-state index in [2.05, 4.69) is 13.5 Å². The lowest BCUT2D eigenvalue weighted by Crippen LogP contribution is -2.33. The van der Waals surface area contributed by atoms with Crippen LogP contribution >= 0.6 is 0 Å². The Hall–Kier alpha value is -0.420. The lowest BCUT2D eigenvalue weighted by molar-refractivity contribution is -0.110. The zero-order valence-electron chi connectivity index (χ0n) is 22.3. The molecule has 2 aliphatic heterocycles. The maximum Gasteiger partial charge on any atom is 0.0842 e. The third-order valence-corrected chi connectivity index (χ3v) is 7.96. The fraction of sp³-hybridized carbons (Fsp3) is 0.933. The first-order valence-electron chi connectivity index (χ1n) is 14.9. The van der Waals surface area contributed by atoms with Crippen LogP contribution in [0, 0.1) is 0 Å². The van der Waals surface area contributed by atoms with Gasteiger partial charge in [0.05, 0.1) is 36.6 Å². The molecule has 4 heteroatoms. The van der Waals surface area contributed by atoms with Crippen LogP contribution in [0.2, 0.25) is 0 Å². The first kappa shape index (κ1) is 29.8. The summed E-state index contributed by atoms with van der Waals surface area (Å²) in [6.45, 7) is 6.03. The summed E-state index contributed by atoms with van der Waals surface area (Å²) in [6.07, 6.45) is 25.8. The van der Waals surface area contributed by atoms with Crippen LogP contribution in [-0.4, -0.2) is 46.8 Å². The summed E-state index contributed by atoms with van der Waals surface area (Å²) in [5, 5.41) is 21.2. The van der Waals surface area contributed by atoms with Crippen LogP contribution in [-0.2, 0) is 9.47 Å². The Morgan fingerprint density at radius 2 is 1.06 bits per heavy atom. The van der Waals surface area contributed by atoms with Gasteiger partial charge in [-0.3, -0.25) is 0 Å². The van der Waals surface area contributed by atoms with Gasteiger partial charge < -0.3 is 19.7 Å². The first-order chi connectivity index (χ1) is 16.7. The van der Waals surface area contributed by atoms with Crippen LogP contribution in [0.3, 0.4) is 0 Å². The fourth-order valence-corrected chi connectivity index (χ4v) is 5.70. The molecule has 0 radical (unpaired) electrons. The molecule has 2 aliphatic rings. The quantitative estimate of drug-likeness (QED) is 0.131. The predicted molar refractivity (Wildman–Crippen MR) is 142 cm³/mol. The van der Waals surface area contributed by atoms with Crippen LogP contribution in [0.5, 0.6) is 0 Å². The highest BCUT2D eigenvalue weighted by atomic mass is 16.6. The molecule has 0 aromatic heterocycles. The van der Waals surface area contributed by atoms with Gasteiger partial charge in [0.15, 0.2) is 0 Å². The van der Waals surface area contributed by atoms with Crippen molar-refractivity contribution in [3.63, 3.8) is 0 Å². The molecule has 34 heavy (non-hydrogen) atoms. The smallest absolute Gasteiger partial charge is 0.0842 e. The maximum atomic E-state index is 10.6. The average molecular weight is 481 g/mol. The van der Waals surface area contributed by atoms with Crippen LogP contribution in [0.15, 0.2) is 12.7 Å². The van der Waals surface area contributed by atoms with Crippen molar-refractivity contribution in [1.82, 2.24) is 0 Å². The minimum absolute atomic E-state index is 0.0337. The summed E-state index contributed by atoms with van der Waals surface area (Å²) in [5.41, 5.74) is 0. The molecule has 2 rings (SSSR count). The predicted octanol–water partition coefficient (Wildman–Crippen LogP) is 7.64. The Kier molecular flexibility index (Phi) is 16.5. The monoisotopic (exact) mass is 480 g/mol. The van der Waals surface area contributed by atoms with E-state index in [0.717, 1.165) is 57.8 Å². The van der Waals surface area contributed by atoms with Gasteiger partial charge in [-0.15, -0.1) is 6.58 Å². The minimum atomic E-state index is -0.351. The Balaban J connectivity index is 1.51. The molecule has 2 N–H and O–H groups in total. The number of ether oxygens (including phenoxy) is 2. The van der Waals surface area contributed by atoms with Crippen LogP contribution in [0.1, 0.15) is 142 Å². The molecule has 0 aromatic carbocycles. The lowest BCUT2D eigenvalue weighted by Gasteiger charge is -2.24. The molecular weight excluding hydrogens is 424 g/mol. The molecule has 0 amide bonds. The van der Waals surface area contributed by atoms with Gasteiger partial charge in [0.2, 0.25) is 0 Å². The summed E-state index contributed by atoms with van der Waals surface area (Å²) in [7, 11) is 0. The summed E-state index contributed by atoms with van der Waals surface area (Å²) in [5.74, 6) is 0. The molecule has 0 unspecified atom stereocenters. The van der Waals surface area contributed by atoms with Gasteiger partial charge in [-0.25, -0.2) is 0 Å². The number of hydrogen-bond donors (Lipinski definition) is 2. The number of aliphatic hydroxyl groups is 2.